The minimum Gasteiger partial charge on any atom is -0.469 e. The second-order valence-electron chi connectivity index (χ2n) is 7.55. The number of hydrogen-bond donors (Lipinski definition) is 2. The van der Waals surface area contributed by atoms with Crippen LogP contribution in [0.1, 0.15) is 44.1 Å². The first-order valence-electron chi connectivity index (χ1n) is 10.6. The molecule has 0 saturated carbocycles. The van der Waals surface area contributed by atoms with Gasteiger partial charge in [-0.3, -0.25) is 4.99 Å². The van der Waals surface area contributed by atoms with Crippen LogP contribution in [-0.2, 0) is 16.4 Å². The molecule has 1 aliphatic rings. The summed E-state index contributed by atoms with van der Waals surface area (Å²) in [5, 5.41) is 7.00. The fourth-order valence-corrected chi connectivity index (χ4v) is 4.68. The van der Waals surface area contributed by atoms with Gasteiger partial charge in [-0.25, -0.2) is 12.7 Å². The molecule has 31 heavy (non-hydrogen) atoms. The normalized spacial score (nSPS) is 17.0. The molecule has 0 amide bonds. The Labute approximate surface area is 202 Å². The fourth-order valence-electron chi connectivity index (χ4n) is 3.55. The van der Waals surface area contributed by atoms with Crippen molar-refractivity contribution >= 4 is 40.0 Å². The van der Waals surface area contributed by atoms with Gasteiger partial charge in [-0.05, 0) is 44.4 Å². The molecule has 0 aliphatic carbocycles. The molecular weight excluding hydrogens is 527 g/mol. The van der Waals surface area contributed by atoms with Crippen molar-refractivity contribution in [3.05, 3.63) is 60.1 Å². The molecule has 1 saturated heterocycles. The van der Waals surface area contributed by atoms with E-state index in [1.807, 2.05) is 30.3 Å². The number of guanidine groups is 1. The lowest BCUT2D eigenvalue weighted by Crippen LogP contribution is -2.50. The predicted octanol–water partition coefficient (Wildman–Crippen LogP) is 3.55. The van der Waals surface area contributed by atoms with Crippen LogP contribution in [0.2, 0.25) is 0 Å². The molecule has 1 unspecified atom stereocenters. The van der Waals surface area contributed by atoms with E-state index < -0.39 is 10.0 Å². The largest absolute Gasteiger partial charge is 0.469 e. The topological polar surface area (TPSA) is 86.9 Å². The van der Waals surface area contributed by atoms with E-state index in [4.69, 9.17) is 9.41 Å². The van der Waals surface area contributed by atoms with Crippen LogP contribution < -0.4 is 10.6 Å². The van der Waals surface area contributed by atoms with Crippen LogP contribution in [0.25, 0.3) is 0 Å². The summed E-state index contributed by atoms with van der Waals surface area (Å²) in [6.07, 6.45) is 3.93. The summed E-state index contributed by atoms with van der Waals surface area (Å²) < 4.78 is 31.2. The quantitative estimate of drug-likeness (QED) is 0.293. The Morgan fingerprint density at radius 3 is 2.52 bits per heavy atom. The molecule has 2 N–H and O–H groups in total. The molecule has 3 rings (SSSR count). The summed E-state index contributed by atoms with van der Waals surface area (Å²) in [6.45, 7) is 5.49. The number of halogens is 1. The molecule has 2 heterocycles. The van der Waals surface area contributed by atoms with Gasteiger partial charge in [0.1, 0.15) is 5.76 Å². The second kappa shape index (κ2) is 12.4. The number of nitrogens with one attached hydrogen (secondary N) is 2. The number of benzene rings is 1. The van der Waals surface area contributed by atoms with Gasteiger partial charge in [-0.15, -0.1) is 24.0 Å². The number of aliphatic imine (C=N–C) groups is 1. The third-order valence-electron chi connectivity index (χ3n) is 5.41. The molecule has 0 bridgehead atoms. The lowest BCUT2D eigenvalue weighted by molar-refractivity contribution is 0.306. The standard InChI is InChI=1S/C22H32N4O3S.HI/c1-3-30(27,28)26-15-12-20(13-16-26)25-22(23-14-11-21-10-7-17-29-21)24-18(2)19-8-5-4-6-9-19;/h4-10,17-18,20H,3,11-16H2,1-2H3,(H2,23,24,25);1H. The van der Waals surface area contributed by atoms with E-state index >= 15 is 0 Å². The first-order chi connectivity index (χ1) is 14.5. The molecule has 1 aromatic carbocycles. The lowest BCUT2D eigenvalue weighted by Gasteiger charge is -2.32. The molecule has 0 radical (unpaired) electrons. The Kier molecular flexibility index (Phi) is 10.3. The van der Waals surface area contributed by atoms with Crippen LogP contribution in [-0.4, -0.2) is 50.1 Å². The van der Waals surface area contributed by atoms with Gasteiger partial charge < -0.3 is 15.1 Å². The predicted molar refractivity (Wildman–Crippen MR) is 135 cm³/mol. The van der Waals surface area contributed by atoms with E-state index in [2.05, 4.69) is 29.7 Å². The van der Waals surface area contributed by atoms with Crippen molar-refractivity contribution in [3.8, 4) is 0 Å². The minimum absolute atomic E-state index is 0. The Hall–Kier alpha value is -1.59. The molecule has 1 aliphatic heterocycles. The van der Waals surface area contributed by atoms with Crippen molar-refractivity contribution in [1.29, 1.82) is 0 Å². The second-order valence-corrected chi connectivity index (χ2v) is 9.81. The summed E-state index contributed by atoms with van der Waals surface area (Å²) in [4.78, 5) is 4.74. The van der Waals surface area contributed by atoms with Crippen LogP contribution in [0.5, 0.6) is 0 Å². The molecule has 0 spiro atoms. The highest BCUT2D eigenvalue weighted by molar-refractivity contribution is 14.0. The number of sulfonamides is 1. The number of rotatable bonds is 8. The maximum Gasteiger partial charge on any atom is 0.213 e. The van der Waals surface area contributed by atoms with Gasteiger partial charge in [0.25, 0.3) is 0 Å². The highest BCUT2D eigenvalue weighted by Crippen LogP contribution is 2.15. The molecular formula is C22H33IN4O3S. The van der Waals surface area contributed by atoms with Gasteiger partial charge in [0.15, 0.2) is 5.96 Å². The van der Waals surface area contributed by atoms with Crippen LogP contribution in [0.4, 0.5) is 0 Å². The molecule has 7 nitrogen and oxygen atoms in total. The Balaban J connectivity index is 0.00000341. The maximum absolute atomic E-state index is 12.1. The molecule has 1 atom stereocenters. The zero-order chi connectivity index (χ0) is 21.4. The number of hydrogen-bond acceptors (Lipinski definition) is 4. The summed E-state index contributed by atoms with van der Waals surface area (Å²) >= 11 is 0. The Morgan fingerprint density at radius 2 is 1.90 bits per heavy atom. The van der Waals surface area contributed by atoms with Crippen LogP contribution in [0.3, 0.4) is 0 Å². The highest BCUT2D eigenvalue weighted by atomic mass is 127. The van der Waals surface area contributed by atoms with Gasteiger partial charge in [-0.2, -0.15) is 0 Å². The smallest absolute Gasteiger partial charge is 0.213 e. The van der Waals surface area contributed by atoms with E-state index in [0.717, 1.165) is 31.0 Å². The first kappa shape index (κ1) is 25.7. The summed E-state index contributed by atoms with van der Waals surface area (Å²) in [7, 11) is -3.12. The molecule has 1 aromatic heterocycles. The van der Waals surface area contributed by atoms with Gasteiger partial charge >= 0.3 is 0 Å². The molecule has 172 valence electrons. The van der Waals surface area contributed by atoms with Gasteiger partial charge in [0.2, 0.25) is 10.0 Å². The van der Waals surface area contributed by atoms with Crippen molar-refractivity contribution in [2.75, 3.05) is 25.4 Å². The summed E-state index contributed by atoms with van der Waals surface area (Å²) in [5.41, 5.74) is 1.18. The fraction of sp³-hybridized carbons (Fsp3) is 0.500. The Morgan fingerprint density at radius 1 is 1.19 bits per heavy atom. The van der Waals surface area contributed by atoms with E-state index in [1.165, 1.54) is 5.56 Å². The zero-order valence-corrected chi connectivity index (χ0v) is 21.3. The van der Waals surface area contributed by atoms with Crippen LogP contribution in [0.15, 0.2) is 58.1 Å². The van der Waals surface area contributed by atoms with Crippen molar-refractivity contribution < 1.29 is 12.8 Å². The lowest BCUT2D eigenvalue weighted by atomic mass is 10.1. The third kappa shape index (κ3) is 7.80. The van der Waals surface area contributed by atoms with Crippen molar-refractivity contribution in [2.24, 2.45) is 4.99 Å². The van der Waals surface area contributed by atoms with Gasteiger partial charge in [-0.1, -0.05) is 30.3 Å². The van der Waals surface area contributed by atoms with Gasteiger partial charge in [0, 0.05) is 32.1 Å². The molecule has 9 heteroatoms. The van der Waals surface area contributed by atoms with Crippen LogP contribution >= 0.6 is 24.0 Å². The van der Waals surface area contributed by atoms with E-state index in [1.54, 1.807) is 17.5 Å². The average molecular weight is 561 g/mol. The van der Waals surface area contributed by atoms with E-state index in [-0.39, 0.29) is 41.8 Å². The van der Waals surface area contributed by atoms with Crippen LogP contribution in [0, 0.1) is 0 Å². The van der Waals surface area contributed by atoms with Crippen molar-refractivity contribution in [2.45, 2.75) is 45.2 Å². The molecule has 2 aromatic rings. The zero-order valence-electron chi connectivity index (χ0n) is 18.2. The number of piperidine rings is 1. The minimum atomic E-state index is -3.12. The monoisotopic (exact) mass is 560 g/mol. The van der Waals surface area contributed by atoms with E-state index in [0.29, 0.717) is 19.6 Å². The molecule has 1 fully saturated rings. The summed E-state index contributed by atoms with van der Waals surface area (Å²) in [5.74, 6) is 1.81. The number of nitrogens with zero attached hydrogens (tertiary/aromatic N) is 2. The number of furan rings is 1. The highest BCUT2D eigenvalue weighted by Gasteiger charge is 2.27. The Bertz CT molecular complexity index is 896. The van der Waals surface area contributed by atoms with Crippen molar-refractivity contribution in [3.63, 3.8) is 0 Å². The SMILES string of the molecule is CCS(=O)(=O)N1CCC(NC(=NCCc2ccco2)NC(C)c2ccccc2)CC1.I. The van der Waals surface area contributed by atoms with Crippen molar-refractivity contribution in [1.82, 2.24) is 14.9 Å². The third-order valence-corrected chi connectivity index (χ3v) is 7.30. The van der Waals surface area contributed by atoms with E-state index in [9.17, 15) is 8.42 Å². The van der Waals surface area contributed by atoms with Gasteiger partial charge in [0.05, 0.1) is 18.1 Å². The first-order valence-corrected chi connectivity index (χ1v) is 12.2. The maximum atomic E-state index is 12.1. The summed E-state index contributed by atoms with van der Waals surface area (Å²) in [6, 6.07) is 14.4. The average Bonchev–Trinajstić information content (AvgIpc) is 3.28.